The van der Waals surface area contributed by atoms with Gasteiger partial charge in [0.2, 0.25) is 0 Å². The summed E-state index contributed by atoms with van der Waals surface area (Å²) < 4.78 is 73.5. The normalized spacial score (nSPS) is 12.8. The Balaban J connectivity index is 1.78. The number of amides is 2. The molecule has 0 aliphatic heterocycles. The van der Waals surface area contributed by atoms with E-state index in [4.69, 9.17) is 4.55 Å². The predicted molar refractivity (Wildman–Crippen MR) is 154 cm³/mol. The number of unbranched alkanes of at least 4 members (excludes halogenated alkanes) is 1. The highest BCUT2D eigenvalue weighted by Crippen LogP contribution is 2.41. The molecule has 0 fully saturated rings. The minimum atomic E-state index is -4.50. The molecule has 3 aromatic rings. The highest BCUT2D eigenvalue weighted by molar-refractivity contribution is 7.97. The summed E-state index contributed by atoms with van der Waals surface area (Å²) in [5, 5.41) is 4.53. The summed E-state index contributed by atoms with van der Waals surface area (Å²) in [6.45, 7) is 4.61. The molecule has 0 radical (unpaired) electrons. The van der Waals surface area contributed by atoms with Crippen LogP contribution in [0.4, 0.5) is 18.0 Å². The van der Waals surface area contributed by atoms with E-state index in [1.54, 1.807) is 12.3 Å². The average Bonchev–Trinajstić information content (AvgIpc) is 2.94. The van der Waals surface area contributed by atoms with Gasteiger partial charge in [0.05, 0.1) is 5.56 Å². The SMILES string of the molecule is CCc1cnccc1-c1cccc([C@H](C)N(CCCCNC(=O)NCS(=O)(=O)O)Sc2ccccc2C(F)(F)F)c1. The maximum absolute atomic E-state index is 13.8. The van der Waals surface area contributed by atoms with Gasteiger partial charge in [0.1, 0.15) is 5.88 Å². The summed E-state index contributed by atoms with van der Waals surface area (Å²) in [7, 11) is -4.33. The van der Waals surface area contributed by atoms with E-state index in [0.717, 1.165) is 46.7 Å². The number of benzene rings is 2. The fraction of sp³-hybridized carbons (Fsp3) is 0.357. The lowest BCUT2D eigenvalue weighted by Gasteiger charge is -2.29. The number of nitrogens with zero attached hydrogens (tertiary/aromatic N) is 2. The van der Waals surface area contributed by atoms with E-state index in [1.807, 2.05) is 53.1 Å². The van der Waals surface area contributed by atoms with E-state index in [2.05, 4.69) is 17.2 Å². The fourth-order valence-corrected chi connectivity index (χ4v) is 5.65. The van der Waals surface area contributed by atoms with Gasteiger partial charge >= 0.3 is 12.2 Å². The zero-order chi connectivity index (χ0) is 30.0. The molecule has 3 N–H and O–H groups in total. The van der Waals surface area contributed by atoms with Crippen molar-refractivity contribution in [3.05, 3.63) is 83.7 Å². The molecular formula is C28H33F3N4O4S2. The first-order valence-corrected chi connectivity index (χ1v) is 15.4. The molecule has 0 unspecified atom stereocenters. The molecule has 0 aliphatic carbocycles. The van der Waals surface area contributed by atoms with E-state index in [-0.39, 0.29) is 17.5 Å². The Labute approximate surface area is 242 Å². The quantitative estimate of drug-likeness (QED) is 0.118. The third-order valence-electron chi connectivity index (χ3n) is 6.31. The Morgan fingerprint density at radius 1 is 1.10 bits per heavy atom. The largest absolute Gasteiger partial charge is 0.417 e. The molecule has 0 saturated carbocycles. The minimum Gasteiger partial charge on any atom is -0.338 e. The van der Waals surface area contributed by atoms with E-state index in [1.165, 1.54) is 12.1 Å². The van der Waals surface area contributed by atoms with Gasteiger partial charge in [0, 0.05) is 36.4 Å². The lowest BCUT2D eigenvalue weighted by Crippen LogP contribution is -2.38. The van der Waals surface area contributed by atoms with Crippen molar-refractivity contribution in [3.63, 3.8) is 0 Å². The van der Waals surface area contributed by atoms with Crippen molar-refractivity contribution in [2.24, 2.45) is 0 Å². The van der Waals surface area contributed by atoms with Crippen molar-refractivity contribution >= 4 is 28.1 Å². The number of alkyl halides is 3. The lowest BCUT2D eigenvalue weighted by molar-refractivity contribution is -0.139. The fourth-order valence-electron chi connectivity index (χ4n) is 4.16. The van der Waals surface area contributed by atoms with E-state index in [0.29, 0.717) is 19.4 Å². The Morgan fingerprint density at radius 3 is 2.56 bits per heavy atom. The van der Waals surface area contributed by atoms with Gasteiger partial charge < -0.3 is 10.6 Å². The molecule has 0 saturated heterocycles. The van der Waals surface area contributed by atoms with Crippen LogP contribution in [-0.4, -0.2) is 47.3 Å². The Kier molecular flexibility index (Phi) is 11.6. The van der Waals surface area contributed by atoms with Crippen LogP contribution in [0.15, 0.2) is 71.9 Å². The van der Waals surface area contributed by atoms with E-state index >= 15 is 0 Å². The van der Waals surface area contributed by atoms with E-state index in [9.17, 15) is 26.4 Å². The summed E-state index contributed by atoms with van der Waals surface area (Å²) in [6, 6.07) is 14.3. The van der Waals surface area contributed by atoms with Crippen molar-refractivity contribution in [2.45, 2.75) is 50.2 Å². The van der Waals surface area contributed by atoms with Crippen LogP contribution in [0.25, 0.3) is 11.1 Å². The molecule has 1 heterocycles. The third kappa shape index (κ3) is 10.0. The molecule has 2 aromatic carbocycles. The average molecular weight is 611 g/mol. The van der Waals surface area contributed by atoms with Gasteiger partial charge in [-0.05, 0) is 84.7 Å². The van der Waals surface area contributed by atoms with Crippen molar-refractivity contribution < 1.29 is 30.9 Å². The van der Waals surface area contributed by atoms with Gasteiger partial charge in [0.15, 0.2) is 0 Å². The zero-order valence-corrected chi connectivity index (χ0v) is 24.3. The number of pyridine rings is 1. The van der Waals surface area contributed by atoms with Crippen molar-refractivity contribution in [3.8, 4) is 11.1 Å². The first-order chi connectivity index (χ1) is 19.4. The maximum atomic E-state index is 13.8. The summed E-state index contributed by atoms with van der Waals surface area (Å²) >= 11 is 1.04. The number of carbonyl (C=O) groups excluding carboxylic acids is 1. The van der Waals surface area contributed by atoms with Gasteiger partial charge in [-0.25, -0.2) is 9.10 Å². The van der Waals surface area contributed by atoms with Crippen LogP contribution in [0, 0.1) is 0 Å². The zero-order valence-electron chi connectivity index (χ0n) is 22.7. The van der Waals surface area contributed by atoms with Crippen LogP contribution >= 0.6 is 11.9 Å². The van der Waals surface area contributed by atoms with Crippen molar-refractivity contribution in [2.75, 3.05) is 19.0 Å². The summed E-state index contributed by atoms with van der Waals surface area (Å²) in [4.78, 5) is 16.0. The van der Waals surface area contributed by atoms with E-state index < -0.39 is 33.8 Å². The number of hydrogen-bond donors (Lipinski definition) is 3. The number of rotatable bonds is 13. The van der Waals surface area contributed by atoms with Crippen LogP contribution in [0.3, 0.4) is 0 Å². The molecule has 0 aliphatic rings. The first kappa shape index (κ1) is 32.4. The van der Waals surface area contributed by atoms with Crippen LogP contribution < -0.4 is 10.6 Å². The molecule has 8 nitrogen and oxygen atoms in total. The Hall–Kier alpha value is -3.13. The second-order valence-corrected chi connectivity index (χ2v) is 11.8. The summed E-state index contributed by atoms with van der Waals surface area (Å²) in [5.41, 5.74) is 3.36. The molecule has 13 heteroatoms. The van der Waals surface area contributed by atoms with Crippen LogP contribution in [0.5, 0.6) is 0 Å². The molecule has 1 atom stereocenters. The second-order valence-electron chi connectivity index (χ2n) is 9.28. The number of carbonyl (C=O) groups is 1. The van der Waals surface area contributed by atoms with Gasteiger partial charge in [-0.2, -0.15) is 21.6 Å². The number of urea groups is 1. The number of halogens is 3. The first-order valence-electron chi connectivity index (χ1n) is 13.0. The molecule has 41 heavy (non-hydrogen) atoms. The van der Waals surface area contributed by atoms with Gasteiger partial charge in [-0.1, -0.05) is 37.3 Å². The van der Waals surface area contributed by atoms with Crippen LogP contribution in [0.1, 0.15) is 49.4 Å². The Bertz CT molecular complexity index is 1420. The number of aryl methyl sites for hydroxylation is 1. The van der Waals surface area contributed by atoms with Gasteiger partial charge in [0.25, 0.3) is 10.1 Å². The lowest BCUT2D eigenvalue weighted by atomic mass is 9.97. The highest BCUT2D eigenvalue weighted by Gasteiger charge is 2.34. The topological polar surface area (TPSA) is 112 Å². The molecule has 0 spiro atoms. The number of nitrogens with one attached hydrogen (secondary N) is 2. The van der Waals surface area contributed by atoms with Gasteiger partial charge in [-0.3, -0.25) is 9.54 Å². The smallest absolute Gasteiger partial charge is 0.338 e. The molecular weight excluding hydrogens is 577 g/mol. The minimum absolute atomic E-state index is 0.0909. The highest BCUT2D eigenvalue weighted by atomic mass is 32.2. The van der Waals surface area contributed by atoms with Crippen LogP contribution in [0.2, 0.25) is 0 Å². The summed E-state index contributed by atoms with van der Waals surface area (Å²) in [6.07, 6.45) is 0.891. The molecule has 3 rings (SSSR count). The van der Waals surface area contributed by atoms with Gasteiger partial charge in [-0.15, -0.1) is 0 Å². The molecule has 1 aromatic heterocycles. The second kappa shape index (κ2) is 14.7. The molecule has 222 valence electrons. The maximum Gasteiger partial charge on any atom is 0.417 e. The van der Waals surface area contributed by atoms with Crippen LogP contribution in [-0.2, 0) is 22.7 Å². The molecule has 2 amide bonds. The number of hydrogen-bond acceptors (Lipinski definition) is 6. The number of aromatic nitrogens is 1. The standard InChI is InChI=1S/C28H33F3N4O4S2/c1-3-21-18-32-15-13-24(21)23-10-8-9-22(17-23)20(2)35(40-26-12-5-4-11-25(26)28(29,30)31)16-7-6-14-33-27(36)34-19-41(37,38)39/h4-5,8-13,15,17-18,20H,3,6-7,14,16,19H2,1-2H3,(H2,33,34,36)(H,37,38,39)/t20-/m0/s1. The van der Waals surface area contributed by atoms with Crippen molar-refractivity contribution in [1.29, 1.82) is 0 Å². The monoisotopic (exact) mass is 610 g/mol. The predicted octanol–water partition coefficient (Wildman–Crippen LogP) is 6.32. The molecule has 0 bridgehead atoms. The van der Waals surface area contributed by atoms with Crippen molar-refractivity contribution in [1.82, 2.24) is 19.9 Å². The Morgan fingerprint density at radius 2 is 1.85 bits per heavy atom. The summed E-state index contributed by atoms with van der Waals surface area (Å²) in [5.74, 6) is -0.905. The third-order valence-corrected chi connectivity index (χ3v) is 8.11.